The maximum absolute atomic E-state index is 12.9. The molecule has 0 unspecified atom stereocenters. The van der Waals surface area contributed by atoms with Crippen LogP contribution in [0.5, 0.6) is 0 Å². The second-order valence-corrected chi connectivity index (χ2v) is 7.35. The molecule has 29 heavy (non-hydrogen) atoms. The summed E-state index contributed by atoms with van der Waals surface area (Å²) in [6, 6.07) is 20.2. The van der Waals surface area contributed by atoms with Crippen LogP contribution in [-0.2, 0) is 6.54 Å². The van der Waals surface area contributed by atoms with Crippen LogP contribution in [0.1, 0.15) is 12.8 Å². The van der Waals surface area contributed by atoms with E-state index in [2.05, 4.69) is 33.9 Å². The predicted octanol–water partition coefficient (Wildman–Crippen LogP) is 4.44. The molecule has 5 aromatic rings. The molecule has 0 saturated heterocycles. The molecule has 5 nitrogen and oxygen atoms in total. The topological polar surface area (TPSA) is 76.7 Å². The number of aryl methyl sites for hydroxylation is 1. The zero-order valence-electron chi connectivity index (χ0n) is 16.1. The second-order valence-electron chi connectivity index (χ2n) is 7.35. The van der Waals surface area contributed by atoms with E-state index in [1.807, 2.05) is 42.5 Å². The number of aromatic amines is 1. The summed E-state index contributed by atoms with van der Waals surface area (Å²) in [7, 11) is 0. The highest BCUT2D eigenvalue weighted by atomic mass is 16.1. The molecule has 0 aliphatic heterocycles. The smallest absolute Gasteiger partial charge is 0.275 e. The molecule has 0 bridgehead atoms. The van der Waals surface area contributed by atoms with E-state index in [1.165, 1.54) is 0 Å². The van der Waals surface area contributed by atoms with Crippen molar-refractivity contribution in [3.05, 3.63) is 77.2 Å². The minimum absolute atomic E-state index is 0.169. The van der Waals surface area contributed by atoms with Crippen LogP contribution in [0.4, 0.5) is 0 Å². The van der Waals surface area contributed by atoms with Crippen LogP contribution >= 0.6 is 0 Å². The van der Waals surface area contributed by atoms with Gasteiger partial charge in [0.15, 0.2) is 0 Å². The van der Waals surface area contributed by atoms with Crippen molar-refractivity contribution >= 4 is 32.7 Å². The first-order chi connectivity index (χ1) is 14.3. The molecule has 0 aliphatic rings. The van der Waals surface area contributed by atoms with Crippen molar-refractivity contribution in [1.29, 1.82) is 0 Å². The standard InChI is InChI=1S/C24H22N4O/c25-13-5-6-14-28-15-19(18-9-3-4-10-21(18)28)23-24(29)26-20-12-11-16-7-1-2-8-17(16)22(20)27-23/h1-4,7-12,15H,5-6,13-14,25H2,(H,26,29). The predicted molar refractivity (Wildman–Crippen MR) is 119 cm³/mol. The number of unbranched alkanes of at least 4 members (excludes halogenated alkanes) is 1. The van der Waals surface area contributed by atoms with Gasteiger partial charge < -0.3 is 15.3 Å². The Kier molecular flexibility index (Phi) is 4.37. The van der Waals surface area contributed by atoms with Gasteiger partial charge in [0.2, 0.25) is 0 Å². The summed E-state index contributed by atoms with van der Waals surface area (Å²) < 4.78 is 2.20. The van der Waals surface area contributed by atoms with Crippen molar-refractivity contribution < 1.29 is 0 Å². The molecule has 0 amide bonds. The quantitative estimate of drug-likeness (QED) is 0.349. The van der Waals surface area contributed by atoms with Gasteiger partial charge in [-0.25, -0.2) is 4.98 Å². The molecule has 0 aliphatic carbocycles. The van der Waals surface area contributed by atoms with E-state index in [0.717, 1.165) is 57.7 Å². The Labute approximate surface area is 167 Å². The summed E-state index contributed by atoms with van der Waals surface area (Å²) >= 11 is 0. The van der Waals surface area contributed by atoms with E-state index in [-0.39, 0.29) is 5.56 Å². The molecular weight excluding hydrogens is 360 g/mol. The van der Waals surface area contributed by atoms with Gasteiger partial charge >= 0.3 is 0 Å². The van der Waals surface area contributed by atoms with Crippen molar-refractivity contribution in [2.24, 2.45) is 5.73 Å². The lowest BCUT2D eigenvalue weighted by atomic mass is 10.1. The second kappa shape index (κ2) is 7.18. The monoisotopic (exact) mass is 382 g/mol. The van der Waals surface area contributed by atoms with Gasteiger partial charge in [0.1, 0.15) is 5.69 Å². The van der Waals surface area contributed by atoms with E-state index in [9.17, 15) is 4.79 Å². The summed E-state index contributed by atoms with van der Waals surface area (Å²) in [5.41, 5.74) is 9.49. The molecule has 0 radical (unpaired) electrons. The van der Waals surface area contributed by atoms with Gasteiger partial charge in [-0.2, -0.15) is 0 Å². The molecule has 2 heterocycles. The fourth-order valence-electron chi connectivity index (χ4n) is 4.05. The zero-order valence-corrected chi connectivity index (χ0v) is 16.1. The summed E-state index contributed by atoms with van der Waals surface area (Å²) in [5.74, 6) is 0. The lowest BCUT2D eigenvalue weighted by Gasteiger charge is -2.05. The van der Waals surface area contributed by atoms with E-state index in [0.29, 0.717) is 12.2 Å². The maximum atomic E-state index is 12.9. The zero-order chi connectivity index (χ0) is 19.8. The SMILES string of the molecule is NCCCCn1cc(-c2nc3c(ccc4ccccc43)[nH]c2=O)c2ccccc21. The molecule has 0 spiro atoms. The average molecular weight is 382 g/mol. The number of benzene rings is 3. The fourth-order valence-corrected chi connectivity index (χ4v) is 4.05. The number of aromatic nitrogens is 3. The third-order valence-electron chi connectivity index (χ3n) is 5.48. The van der Waals surface area contributed by atoms with Crippen LogP contribution in [-0.4, -0.2) is 21.1 Å². The van der Waals surface area contributed by atoms with Crippen LogP contribution in [0.15, 0.2) is 71.7 Å². The maximum Gasteiger partial charge on any atom is 0.275 e. The van der Waals surface area contributed by atoms with Gasteiger partial charge in [0.05, 0.1) is 11.0 Å². The third-order valence-corrected chi connectivity index (χ3v) is 5.48. The van der Waals surface area contributed by atoms with Gasteiger partial charge in [-0.15, -0.1) is 0 Å². The highest BCUT2D eigenvalue weighted by molar-refractivity contribution is 6.05. The van der Waals surface area contributed by atoms with Crippen LogP contribution in [0.3, 0.4) is 0 Å². The van der Waals surface area contributed by atoms with Gasteiger partial charge in [-0.05, 0) is 36.9 Å². The molecule has 0 fully saturated rings. The Morgan fingerprint density at radius 1 is 0.931 bits per heavy atom. The lowest BCUT2D eigenvalue weighted by Crippen LogP contribution is -2.11. The van der Waals surface area contributed by atoms with Crippen LogP contribution in [0, 0.1) is 0 Å². The van der Waals surface area contributed by atoms with Gasteiger partial charge in [0.25, 0.3) is 5.56 Å². The molecule has 3 aromatic carbocycles. The number of H-pyrrole nitrogens is 1. The summed E-state index contributed by atoms with van der Waals surface area (Å²) in [6.07, 6.45) is 4.03. The number of nitrogens with zero attached hydrogens (tertiary/aromatic N) is 2. The normalized spacial score (nSPS) is 11.6. The molecule has 3 N–H and O–H groups in total. The van der Waals surface area contributed by atoms with E-state index in [1.54, 1.807) is 0 Å². The van der Waals surface area contributed by atoms with Gasteiger partial charge in [0, 0.05) is 34.6 Å². The molecule has 5 rings (SSSR count). The molecule has 5 heteroatoms. The third kappa shape index (κ3) is 3.00. The number of rotatable bonds is 5. The number of fused-ring (bicyclic) bond motifs is 4. The van der Waals surface area contributed by atoms with E-state index >= 15 is 0 Å². The summed E-state index contributed by atoms with van der Waals surface area (Å²) in [4.78, 5) is 20.8. The van der Waals surface area contributed by atoms with Crippen molar-refractivity contribution in [1.82, 2.24) is 14.5 Å². The van der Waals surface area contributed by atoms with Gasteiger partial charge in [-0.3, -0.25) is 4.79 Å². The molecule has 0 atom stereocenters. The number of hydrogen-bond donors (Lipinski definition) is 2. The first-order valence-electron chi connectivity index (χ1n) is 9.96. The Bertz CT molecular complexity index is 1400. The minimum Gasteiger partial charge on any atom is -0.347 e. The first kappa shape index (κ1) is 17.6. The fraction of sp³-hybridized carbons (Fsp3) is 0.167. The summed E-state index contributed by atoms with van der Waals surface area (Å²) in [5, 5.41) is 3.18. The number of nitrogens with one attached hydrogen (secondary N) is 1. The van der Waals surface area contributed by atoms with Crippen LogP contribution < -0.4 is 11.3 Å². The number of hydrogen-bond acceptors (Lipinski definition) is 3. The Hall–Kier alpha value is -3.44. The van der Waals surface area contributed by atoms with Crippen molar-refractivity contribution in [3.8, 4) is 11.3 Å². The van der Waals surface area contributed by atoms with E-state index in [4.69, 9.17) is 10.7 Å². The van der Waals surface area contributed by atoms with E-state index < -0.39 is 0 Å². The Morgan fingerprint density at radius 3 is 2.59 bits per heavy atom. The number of nitrogens with two attached hydrogens (primary N) is 1. The van der Waals surface area contributed by atoms with Gasteiger partial charge in [-0.1, -0.05) is 48.5 Å². The largest absolute Gasteiger partial charge is 0.347 e. The number of para-hydroxylation sites is 1. The van der Waals surface area contributed by atoms with Crippen molar-refractivity contribution in [3.63, 3.8) is 0 Å². The molecular formula is C24H22N4O. The molecule has 144 valence electrons. The lowest BCUT2D eigenvalue weighted by molar-refractivity contribution is 0.631. The summed E-state index contributed by atoms with van der Waals surface area (Å²) in [6.45, 7) is 1.55. The van der Waals surface area contributed by atoms with Crippen LogP contribution in [0.25, 0.3) is 44.0 Å². The Balaban J connectivity index is 1.75. The highest BCUT2D eigenvalue weighted by Crippen LogP contribution is 2.30. The first-order valence-corrected chi connectivity index (χ1v) is 9.96. The van der Waals surface area contributed by atoms with Crippen LogP contribution in [0.2, 0.25) is 0 Å². The highest BCUT2D eigenvalue weighted by Gasteiger charge is 2.16. The molecule has 0 saturated carbocycles. The minimum atomic E-state index is -0.169. The van der Waals surface area contributed by atoms with Crippen molar-refractivity contribution in [2.45, 2.75) is 19.4 Å². The average Bonchev–Trinajstić information content (AvgIpc) is 3.12. The van der Waals surface area contributed by atoms with Crippen molar-refractivity contribution in [2.75, 3.05) is 6.54 Å². The molecule has 2 aromatic heterocycles. The Morgan fingerprint density at radius 2 is 1.72 bits per heavy atom.